The Bertz CT molecular complexity index is 342. The maximum atomic E-state index is 6.11. The standard InChI is InChI=1S/C15H25NO2/c1-12-6-7-15(18-12)14(16)5-3-2-4-13-8-10-17-11-9-13/h6-7,13-14H,2-5,8-11,16H2,1H3. The molecule has 1 saturated heterocycles. The molecule has 0 bridgehead atoms. The van der Waals surface area contributed by atoms with Crippen LogP contribution >= 0.6 is 0 Å². The second-order valence-corrected chi connectivity index (χ2v) is 5.40. The fourth-order valence-electron chi connectivity index (χ4n) is 2.63. The lowest BCUT2D eigenvalue weighted by atomic mass is 9.93. The summed E-state index contributed by atoms with van der Waals surface area (Å²) in [5.74, 6) is 2.75. The molecule has 0 radical (unpaired) electrons. The van der Waals surface area contributed by atoms with Crippen LogP contribution < -0.4 is 5.73 Å². The monoisotopic (exact) mass is 251 g/mol. The van der Waals surface area contributed by atoms with Crippen molar-refractivity contribution in [2.75, 3.05) is 13.2 Å². The van der Waals surface area contributed by atoms with Gasteiger partial charge in [-0.25, -0.2) is 0 Å². The number of ether oxygens (including phenoxy) is 1. The highest BCUT2D eigenvalue weighted by molar-refractivity contribution is 5.08. The van der Waals surface area contributed by atoms with Crippen molar-refractivity contribution in [3.05, 3.63) is 23.7 Å². The van der Waals surface area contributed by atoms with Crippen LogP contribution in [0.4, 0.5) is 0 Å². The van der Waals surface area contributed by atoms with E-state index in [4.69, 9.17) is 14.9 Å². The Morgan fingerprint density at radius 3 is 2.72 bits per heavy atom. The van der Waals surface area contributed by atoms with Crippen molar-refractivity contribution < 1.29 is 9.15 Å². The maximum absolute atomic E-state index is 6.11. The molecule has 1 aromatic rings. The Labute approximate surface area is 110 Å². The van der Waals surface area contributed by atoms with E-state index in [1.165, 1.54) is 32.1 Å². The van der Waals surface area contributed by atoms with Crippen LogP contribution in [-0.2, 0) is 4.74 Å². The van der Waals surface area contributed by atoms with Gasteiger partial charge in [-0.2, -0.15) is 0 Å². The van der Waals surface area contributed by atoms with E-state index < -0.39 is 0 Å². The fraction of sp³-hybridized carbons (Fsp3) is 0.733. The van der Waals surface area contributed by atoms with Crippen LogP contribution in [0.15, 0.2) is 16.5 Å². The number of rotatable bonds is 6. The Balaban J connectivity index is 1.60. The van der Waals surface area contributed by atoms with E-state index >= 15 is 0 Å². The first kappa shape index (κ1) is 13.6. The average Bonchev–Trinajstić information content (AvgIpc) is 2.82. The van der Waals surface area contributed by atoms with E-state index in [-0.39, 0.29) is 6.04 Å². The van der Waals surface area contributed by atoms with Crippen molar-refractivity contribution >= 4 is 0 Å². The Morgan fingerprint density at radius 2 is 2.06 bits per heavy atom. The van der Waals surface area contributed by atoms with Gasteiger partial charge in [0.1, 0.15) is 11.5 Å². The van der Waals surface area contributed by atoms with Gasteiger partial charge in [0, 0.05) is 13.2 Å². The average molecular weight is 251 g/mol. The van der Waals surface area contributed by atoms with E-state index in [0.29, 0.717) is 0 Å². The van der Waals surface area contributed by atoms with Crippen LogP contribution in [0.3, 0.4) is 0 Å². The molecule has 3 heteroatoms. The van der Waals surface area contributed by atoms with Crippen LogP contribution in [0, 0.1) is 12.8 Å². The molecule has 0 aromatic carbocycles. The zero-order valence-electron chi connectivity index (χ0n) is 11.4. The predicted octanol–water partition coefficient (Wildman–Crippen LogP) is 3.57. The molecule has 1 aromatic heterocycles. The van der Waals surface area contributed by atoms with Crippen LogP contribution in [0.1, 0.15) is 56.1 Å². The summed E-state index contributed by atoms with van der Waals surface area (Å²) >= 11 is 0. The summed E-state index contributed by atoms with van der Waals surface area (Å²) in [6.07, 6.45) is 7.30. The van der Waals surface area contributed by atoms with E-state index in [0.717, 1.165) is 37.1 Å². The number of nitrogens with two attached hydrogens (primary N) is 1. The van der Waals surface area contributed by atoms with Crippen molar-refractivity contribution in [3.8, 4) is 0 Å². The molecule has 1 unspecified atom stereocenters. The van der Waals surface area contributed by atoms with Gasteiger partial charge in [-0.15, -0.1) is 0 Å². The molecule has 1 fully saturated rings. The van der Waals surface area contributed by atoms with Crippen LogP contribution in [0.2, 0.25) is 0 Å². The lowest BCUT2D eigenvalue weighted by Gasteiger charge is -2.21. The summed E-state index contributed by atoms with van der Waals surface area (Å²) < 4.78 is 10.9. The highest BCUT2D eigenvalue weighted by Gasteiger charge is 2.14. The molecule has 2 N–H and O–H groups in total. The van der Waals surface area contributed by atoms with Crippen molar-refractivity contribution in [2.24, 2.45) is 11.7 Å². The smallest absolute Gasteiger partial charge is 0.120 e. The summed E-state index contributed by atoms with van der Waals surface area (Å²) in [4.78, 5) is 0. The Morgan fingerprint density at radius 1 is 1.28 bits per heavy atom. The second kappa shape index (κ2) is 6.95. The summed E-state index contributed by atoms with van der Waals surface area (Å²) in [7, 11) is 0. The molecule has 2 rings (SSSR count). The van der Waals surface area contributed by atoms with Crippen LogP contribution in [0.25, 0.3) is 0 Å². The molecule has 2 heterocycles. The molecule has 0 aliphatic carbocycles. The predicted molar refractivity (Wildman–Crippen MR) is 72.4 cm³/mol. The quantitative estimate of drug-likeness (QED) is 0.786. The van der Waals surface area contributed by atoms with E-state index in [9.17, 15) is 0 Å². The fourth-order valence-corrected chi connectivity index (χ4v) is 2.63. The third-order valence-corrected chi connectivity index (χ3v) is 3.84. The number of furan rings is 1. The van der Waals surface area contributed by atoms with Gasteiger partial charge >= 0.3 is 0 Å². The maximum Gasteiger partial charge on any atom is 0.120 e. The van der Waals surface area contributed by atoms with E-state index in [1.54, 1.807) is 0 Å². The van der Waals surface area contributed by atoms with Gasteiger partial charge < -0.3 is 14.9 Å². The van der Waals surface area contributed by atoms with Gasteiger partial charge in [0.2, 0.25) is 0 Å². The third kappa shape index (κ3) is 4.14. The normalized spacial score (nSPS) is 19.0. The van der Waals surface area contributed by atoms with Crippen LogP contribution in [0.5, 0.6) is 0 Å². The summed E-state index contributed by atoms with van der Waals surface area (Å²) in [5, 5.41) is 0. The molecule has 1 atom stereocenters. The largest absolute Gasteiger partial charge is 0.465 e. The minimum Gasteiger partial charge on any atom is -0.465 e. The molecule has 102 valence electrons. The minimum absolute atomic E-state index is 0.0633. The highest BCUT2D eigenvalue weighted by Crippen LogP contribution is 2.24. The molecule has 3 nitrogen and oxygen atoms in total. The molecule has 0 spiro atoms. The SMILES string of the molecule is Cc1ccc(C(N)CCCCC2CCOCC2)o1. The topological polar surface area (TPSA) is 48.4 Å². The van der Waals surface area contributed by atoms with Gasteiger partial charge in [-0.1, -0.05) is 19.3 Å². The van der Waals surface area contributed by atoms with Crippen molar-refractivity contribution in [2.45, 2.75) is 51.5 Å². The second-order valence-electron chi connectivity index (χ2n) is 5.40. The molecule has 18 heavy (non-hydrogen) atoms. The lowest BCUT2D eigenvalue weighted by molar-refractivity contribution is 0.0630. The Hall–Kier alpha value is -0.800. The van der Waals surface area contributed by atoms with Crippen molar-refractivity contribution in [1.29, 1.82) is 0 Å². The van der Waals surface area contributed by atoms with Gasteiger partial charge in [-0.3, -0.25) is 0 Å². The van der Waals surface area contributed by atoms with Gasteiger partial charge in [0.25, 0.3) is 0 Å². The van der Waals surface area contributed by atoms with Crippen molar-refractivity contribution in [3.63, 3.8) is 0 Å². The number of unbranched alkanes of at least 4 members (excludes halogenated alkanes) is 1. The number of hydrogen-bond donors (Lipinski definition) is 1. The number of aryl methyl sites for hydroxylation is 1. The molecule has 0 saturated carbocycles. The first-order valence-electron chi connectivity index (χ1n) is 7.15. The first-order valence-corrected chi connectivity index (χ1v) is 7.15. The molecule has 1 aliphatic heterocycles. The third-order valence-electron chi connectivity index (χ3n) is 3.84. The van der Waals surface area contributed by atoms with Crippen molar-refractivity contribution in [1.82, 2.24) is 0 Å². The Kier molecular flexibility index (Phi) is 5.26. The van der Waals surface area contributed by atoms with Gasteiger partial charge in [-0.05, 0) is 44.2 Å². The zero-order valence-corrected chi connectivity index (χ0v) is 11.4. The number of hydrogen-bond acceptors (Lipinski definition) is 3. The van der Waals surface area contributed by atoms with Gasteiger partial charge in [0.15, 0.2) is 0 Å². The van der Waals surface area contributed by atoms with E-state index in [1.807, 2.05) is 19.1 Å². The minimum atomic E-state index is 0.0633. The first-order chi connectivity index (χ1) is 8.75. The molecule has 1 aliphatic rings. The summed E-state index contributed by atoms with van der Waals surface area (Å²) in [5.41, 5.74) is 6.11. The highest BCUT2D eigenvalue weighted by atomic mass is 16.5. The lowest BCUT2D eigenvalue weighted by Crippen LogP contribution is -2.15. The molecular weight excluding hydrogens is 226 g/mol. The van der Waals surface area contributed by atoms with E-state index in [2.05, 4.69) is 0 Å². The molecule has 0 amide bonds. The summed E-state index contributed by atoms with van der Waals surface area (Å²) in [6, 6.07) is 4.05. The molecular formula is C15H25NO2. The summed E-state index contributed by atoms with van der Waals surface area (Å²) in [6.45, 7) is 3.87. The van der Waals surface area contributed by atoms with Gasteiger partial charge in [0.05, 0.1) is 6.04 Å². The van der Waals surface area contributed by atoms with Crippen LogP contribution in [-0.4, -0.2) is 13.2 Å². The zero-order chi connectivity index (χ0) is 12.8.